The van der Waals surface area contributed by atoms with Crippen molar-refractivity contribution >= 4 is 0 Å². The number of aromatic nitrogens is 1. The number of aromatic amines is 1. The van der Waals surface area contributed by atoms with E-state index in [-0.39, 0.29) is 6.61 Å². The van der Waals surface area contributed by atoms with E-state index in [0.29, 0.717) is 19.6 Å². The van der Waals surface area contributed by atoms with Gasteiger partial charge in [-0.2, -0.15) is 0 Å². The van der Waals surface area contributed by atoms with Crippen LogP contribution in [-0.2, 0) is 20.9 Å². The summed E-state index contributed by atoms with van der Waals surface area (Å²) in [6.07, 6.45) is -2.01. The van der Waals surface area contributed by atoms with Crippen molar-refractivity contribution in [1.82, 2.24) is 5.48 Å². The molecule has 0 bridgehead atoms. The standard InChI is InChI=1S/C15H24N2O7/c18-8-11-12(19)13(20)14(21)15(24-11)22-6-2-5-17-23-9-10-3-1-4-16-7-10/h1,3-4,7,11-15,17-21H,2,5-6,8-9H2/p+1/t11?,12-,13-,14?,15-/m1/s1. The lowest BCUT2D eigenvalue weighted by Crippen LogP contribution is -2.59. The minimum atomic E-state index is -1.43. The molecule has 0 aromatic carbocycles. The smallest absolute Gasteiger partial charge is 0.186 e. The van der Waals surface area contributed by atoms with E-state index < -0.39 is 37.3 Å². The number of pyridine rings is 1. The van der Waals surface area contributed by atoms with Gasteiger partial charge in [0.2, 0.25) is 0 Å². The molecule has 2 heterocycles. The zero-order valence-electron chi connectivity index (χ0n) is 13.2. The van der Waals surface area contributed by atoms with Gasteiger partial charge in [0.05, 0.1) is 19.8 Å². The van der Waals surface area contributed by atoms with Crippen LogP contribution < -0.4 is 10.5 Å². The summed E-state index contributed by atoms with van der Waals surface area (Å²) in [6, 6.07) is 3.81. The Bertz CT molecular complexity index is 462. The molecule has 5 atom stereocenters. The number of nitrogens with one attached hydrogen (secondary N) is 2. The third-order valence-electron chi connectivity index (χ3n) is 3.67. The van der Waals surface area contributed by atoms with Gasteiger partial charge >= 0.3 is 0 Å². The Morgan fingerprint density at radius 2 is 2.04 bits per heavy atom. The monoisotopic (exact) mass is 345 g/mol. The van der Waals surface area contributed by atoms with Gasteiger partial charge in [-0.1, -0.05) is 0 Å². The van der Waals surface area contributed by atoms with Crippen LogP contribution in [0.25, 0.3) is 0 Å². The average molecular weight is 345 g/mol. The molecule has 1 aromatic heterocycles. The summed E-state index contributed by atoms with van der Waals surface area (Å²) in [4.78, 5) is 8.24. The number of aliphatic hydroxyl groups is 4. The van der Waals surface area contributed by atoms with E-state index in [4.69, 9.17) is 19.4 Å². The fourth-order valence-corrected chi connectivity index (χ4v) is 2.28. The van der Waals surface area contributed by atoms with E-state index in [0.717, 1.165) is 5.56 Å². The molecule has 9 nitrogen and oxygen atoms in total. The third-order valence-corrected chi connectivity index (χ3v) is 3.67. The number of rotatable bonds is 9. The van der Waals surface area contributed by atoms with Gasteiger partial charge in [-0.15, -0.1) is 0 Å². The maximum atomic E-state index is 9.80. The Morgan fingerprint density at radius 3 is 2.75 bits per heavy atom. The highest BCUT2D eigenvalue weighted by Crippen LogP contribution is 2.21. The van der Waals surface area contributed by atoms with Crippen LogP contribution in [0, 0.1) is 0 Å². The molecular formula is C15H25N2O7+. The van der Waals surface area contributed by atoms with E-state index in [2.05, 4.69) is 10.5 Å². The molecule has 2 unspecified atom stereocenters. The summed E-state index contributed by atoms with van der Waals surface area (Å²) in [7, 11) is 0. The maximum Gasteiger partial charge on any atom is 0.186 e. The predicted octanol–water partition coefficient (Wildman–Crippen LogP) is -2.27. The van der Waals surface area contributed by atoms with Gasteiger partial charge in [-0.05, 0) is 12.5 Å². The Labute approximate surface area is 139 Å². The zero-order chi connectivity index (χ0) is 17.4. The summed E-state index contributed by atoms with van der Waals surface area (Å²) in [5.74, 6) is 0. The van der Waals surface area contributed by atoms with Crippen LogP contribution >= 0.6 is 0 Å². The fourth-order valence-electron chi connectivity index (χ4n) is 2.28. The predicted molar refractivity (Wildman–Crippen MR) is 80.1 cm³/mol. The van der Waals surface area contributed by atoms with Crippen LogP contribution in [0.3, 0.4) is 0 Å². The van der Waals surface area contributed by atoms with Gasteiger partial charge in [0, 0.05) is 18.2 Å². The Kier molecular flexibility index (Phi) is 7.95. The number of H-pyrrole nitrogens is 1. The number of hydroxylamine groups is 1. The van der Waals surface area contributed by atoms with E-state index in [1.54, 1.807) is 0 Å². The van der Waals surface area contributed by atoms with Crippen molar-refractivity contribution in [3.63, 3.8) is 0 Å². The van der Waals surface area contributed by atoms with Gasteiger partial charge in [0.25, 0.3) is 0 Å². The highest BCUT2D eigenvalue weighted by atomic mass is 16.7. The highest BCUT2D eigenvalue weighted by Gasteiger charge is 2.43. The number of hydrogen-bond donors (Lipinski definition) is 5. The number of ether oxygens (including phenoxy) is 2. The van der Waals surface area contributed by atoms with Gasteiger partial charge < -0.3 is 29.9 Å². The molecule has 0 spiro atoms. The first-order valence-corrected chi connectivity index (χ1v) is 7.85. The molecule has 1 aliphatic rings. The Hall–Kier alpha value is -1.17. The quantitative estimate of drug-likeness (QED) is 0.250. The molecule has 0 saturated carbocycles. The molecule has 9 heteroatoms. The molecule has 0 radical (unpaired) electrons. The van der Waals surface area contributed by atoms with Gasteiger partial charge in [-0.3, -0.25) is 4.84 Å². The summed E-state index contributed by atoms with van der Waals surface area (Å²) in [5.41, 5.74) is 3.79. The van der Waals surface area contributed by atoms with Crippen LogP contribution in [0.5, 0.6) is 0 Å². The summed E-state index contributed by atoms with van der Waals surface area (Å²) in [5, 5.41) is 38.2. The van der Waals surface area contributed by atoms with Crippen LogP contribution in [0.4, 0.5) is 0 Å². The van der Waals surface area contributed by atoms with Crippen molar-refractivity contribution in [1.29, 1.82) is 0 Å². The lowest BCUT2D eigenvalue weighted by atomic mass is 9.99. The molecule has 1 aliphatic heterocycles. The van der Waals surface area contributed by atoms with Crippen LogP contribution in [-0.4, -0.2) is 70.9 Å². The molecule has 2 rings (SSSR count). The summed E-state index contributed by atoms with van der Waals surface area (Å²) >= 11 is 0. The fraction of sp³-hybridized carbons (Fsp3) is 0.667. The van der Waals surface area contributed by atoms with Crippen LogP contribution in [0.2, 0.25) is 0 Å². The molecule has 1 saturated heterocycles. The Morgan fingerprint density at radius 1 is 1.21 bits per heavy atom. The van der Waals surface area contributed by atoms with E-state index in [1.807, 2.05) is 24.5 Å². The van der Waals surface area contributed by atoms with Crippen molar-refractivity contribution in [3.05, 3.63) is 30.1 Å². The van der Waals surface area contributed by atoms with Crippen molar-refractivity contribution in [2.24, 2.45) is 0 Å². The number of aliphatic hydroxyl groups excluding tert-OH is 4. The van der Waals surface area contributed by atoms with Gasteiger partial charge in [0.1, 0.15) is 24.4 Å². The third kappa shape index (κ3) is 5.43. The molecule has 136 valence electrons. The first kappa shape index (κ1) is 19.2. The van der Waals surface area contributed by atoms with Crippen molar-refractivity contribution in [2.45, 2.75) is 43.7 Å². The molecular weight excluding hydrogens is 320 g/mol. The number of hydrogen-bond acceptors (Lipinski definition) is 8. The van der Waals surface area contributed by atoms with Crippen LogP contribution in [0.15, 0.2) is 24.5 Å². The second-order valence-corrected chi connectivity index (χ2v) is 5.52. The lowest BCUT2D eigenvalue weighted by Gasteiger charge is -2.39. The lowest BCUT2D eigenvalue weighted by molar-refractivity contribution is -0.379. The Balaban J connectivity index is 1.58. The van der Waals surface area contributed by atoms with E-state index in [1.165, 1.54) is 0 Å². The minimum absolute atomic E-state index is 0.248. The summed E-state index contributed by atoms with van der Waals surface area (Å²) in [6.45, 7) is 0.716. The molecule has 1 fully saturated rings. The molecule has 24 heavy (non-hydrogen) atoms. The molecule has 0 amide bonds. The molecule has 0 aliphatic carbocycles. The summed E-state index contributed by atoms with van der Waals surface area (Å²) < 4.78 is 10.6. The van der Waals surface area contributed by atoms with Gasteiger partial charge in [-0.25, -0.2) is 10.5 Å². The van der Waals surface area contributed by atoms with Crippen molar-refractivity contribution in [3.8, 4) is 0 Å². The SMILES string of the molecule is OCC1O[C@@H](OCCCNOCc2ccc[nH+]c2)C(O)[C@H](O)[C@@H]1O. The minimum Gasteiger partial charge on any atom is -0.394 e. The second kappa shape index (κ2) is 9.97. The maximum absolute atomic E-state index is 9.80. The van der Waals surface area contributed by atoms with Crippen LogP contribution in [0.1, 0.15) is 12.0 Å². The van der Waals surface area contributed by atoms with E-state index >= 15 is 0 Å². The topological polar surface area (TPSA) is 135 Å². The first-order valence-electron chi connectivity index (χ1n) is 7.85. The highest BCUT2D eigenvalue weighted by molar-refractivity contribution is 5.02. The van der Waals surface area contributed by atoms with Crippen molar-refractivity contribution < 1.29 is 39.7 Å². The average Bonchev–Trinajstić information content (AvgIpc) is 2.61. The first-order chi connectivity index (χ1) is 11.6. The second-order valence-electron chi connectivity index (χ2n) is 5.52. The zero-order valence-corrected chi connectivity index (χ0v) is 13.2. The van der Waals surface area contributed by atoms with Crippen molar-refractivity contribution in [2.75, 3.05) is 19.8 Å². The molecule has 1 aromatic rings. The van der Waals surface area contributed by atoms with E-state index in [9.17, 15) is 15.3 Å². The van der Waals surface area contributed by atoms with Gasteiger partial charge in [0.15, 0.2) is 18.7 Å². The normalized spacial score (nSPS) is 30.4. The largest absolute Gasteiger partial charge is 0.394 e. The molecule has 6 N–H and O–H groups in total.